The van der Waals surface area contributed by atoms with Gasteiger partial charge in [0, 0.05) is 5.39 Å². The minimum Gasteiger partial charge on any atom is -0.465 e. The summed E-state index contributed by atoms with van der Waals surface area (Å²) in [7, 11) is 1.38. The highest BCUT2D eigenvalue weighted by atomic mass is 16.5. The van der Waals surface area contributed by atoms with E-state index >= 15 is 0 Å². The van der Waals surface area contributed by atoms with E-state index in [2.05, 4.69) is 16.3 Å². The first-order chi connectivity index (χ1) is 9.69. The van der Waals surface area contributed by atoms with E-state index in [1.54, 1.807) is 6.20 Å². The number of nitrogens with one attached hydrogen (secondary N) is 1. The zero-order valence-corrected chi connectivity index (χ0v) is 11.3. The fraction of sp³-hybridized carbons (Fsp3) is 0.125. The summed E-state index contributed by atoms with van der Waals surface area (Å²) >= 11 is 0. The largest absolute Gasteiger partial charge is 0.465 e. The van der Waals surface area contributed by atoms with Gasteiger partial charge in [0.25, 0.3) is 0 Å². The molecule has 1 N–H and O–H groups in total. The van der Waals surface area contributed by atoms with Crippen LogP contribution in [0.2, 0.25) is 0 Å². The Bertz CT molecular complexity index is 790. The van der Waals surface area contributed by atoms with Crippen molar-refractivity contribution in [3.8, 4) is 11.1 Å². The van der Waals surface area contributed by atoms with Crippen LogP contribution in [0, 0.1) is 6.92 Å². The molecule has 0 aliphatic carbocycles. The lowest BCUT2D eigenvalue weighted by Crippen LogP contribution is -2.02. The van der Waals surface area contributed by atoms with Crippen LogP contribution in [0.3, 0.4) is 0 Å². The van der Waals surface area contributed by atoms with Gasteiger partial charge in [0.2, 0.25) is 0 Å². The molecule has 0 fully saturated rings. The van der Waals surface area contributed by atoms with Crippen molar-refractivity contribution in [3.05, 3.63) is 53.7 Å². The highest BCUT2D eigenvalue weighted by molar-refractivity contribution is 6.04. The van der Waals surface area contributed by atoms with Crippen LogP contribution in [-0.2, 0) is 4.74 Å². The zero-order valence-electron chi connectivity index (χ0n) is 11.3. The Morgan fingerprint density at radius 1 is 1.20 bits per heavy atom. The molecule has 1 aromatic heterocycles. The Kier molecular flexibility index (Phi) is 2.99. The van der Waals surface area contributed by atoms with Crippen LogP contribution in [0.1, 0.15) is 15.9 Å². The topological polar surface area (TPSA) is 55.0 Å². The lowest BCUT2D eigenvalue weighted by atomic mass is 9.99. The summed E-state index contributed by atoms with van der Waals surface area (Å²) in [5.41, 5.74) is 4.42. The summed E-state index contributed by atoms with van der Waals surface area (Å²) < 4.78 is 4.84. The third-order valence-electron chi connectivity index (χ3n) is 3.31. The van der Waals surface area contributed by atoms with Crippen LogP contribution in [0.25, 0.3) is 22.0 Å². The third kappa shape index (κ3) is 2.05. The molecule has 0 aliphatic rings. The second-order valence-electron chi connectivity index (χ2n) is 4.72. The van der Waals surface area contributed by atoms with Crippen molar-refractivity contribution < 1.29 is 9.53 Å². The molecular weight excluding hydrogens is 252 g/mol. The molecule has 100 valence electrons. The number of methoxy groups -OCH3 is 1. The van der Waals surface area contributed by atoms with Gasteiger partial charge >= 0.3 is 5.97 Å². The van der Waals surface area contributed by atoms with Crippen LogP contribution in [0.5, 0.6) is 0 Å². The summed E-state index contributed by atoms with van der Waals surface area (Å²) in [5, 5.41) is 7.73. The van der Waals surface area contributed by atoms with Gasteiger partial charge in [-0.15, -0.1) is 0 Å². The van der Waals surface area contributed by atoms with E-state index in [0.717, 1.165) is 16.5 Å². The van der Waals surface area contributed by atoms with Crippen molar-refractivity contribution in [1.82, 2.24) is 10.2 Å². The maximum absolute atomic E-state index is 11.9. The van der Waals surface area contributed by atoms with E-state index in [4.69, 9.17) is 4.74 Å². The minimum atomic E-state index is -0.367. The van der Waals surface area contributed by atoms with Crippen molar-refractivity contribution in [2.45, 2.75) is 6.92 Å². The number of H-pyrrole nitrogens is 1. The van der Waals surface area contributed by atoms with E-state index in [1.165, 1.54) is 12.7 Å². The van der Waals surface area contributed by atoms with E-state index in [9.17, 15) is 4.79 Å². The van der Waals surface area contributed by atoms with Crippen molar-refractivity contribution in [2.24, 2.45) is 0 Å². The number of benzene rings is 2. The molecule has 3 rings (SSSR count). The van der Waals surface area contributed by atoms with Gasteiger partial charge in [0.05, 0.1) is 24.4 Å². The Morgan fingerprint density at radius 3 is 2.80 bits per heavy atom. The van der Waals surface area contributed by atoms with Crippen LogP contribution < -0.4 is 0 Å². The molecule has 0 radical (unpaired) electrons. The lowest BCUT2D eigenvalue weighted by molar-refractivity contribution is 0.0603. The zero-order chi connectivity index (χ0) is 14.1. The number of hydrogen-bond donors (Lipinski definition) is 1. The number of carbonyl (C=O) groups is 1. The summed E-state index contributed by atoms with van der Waals surface area (Å²) in [6.45, 7) is 2.04. The Labute approximate surface area is 116 Å². The molecule has 0 spiro atoms. The first-order valence-corrected chi connectivity index (χ1v) is 6.31. The number of aryl methyl sites for hydroxylation is 1. The standard InChI is InChI=1S/C16H14N2O2/c1-10-4-3-5-11(6-10)12-7-13-9-17-18-15(13)14(8-12)16(19)20-2/h3-9H,1-2H3,(H,17,18). The Morgan fingerprint density at radius 2 is 2.05 bits per heavy atom. The molecular formula is C16H14N2O2. The molecule has 0 saturated carbocycles. The van der Waals surface area contributed by atoms with Crippen molar-refractivity contribution in [2.75, 3.05) is 7.11 Å². The molecule has 0 saturated heterocycles. The summed E-state index contributed by atoms with van der Waals surface area (Å²) in [6, 6.07) is 12.0. The second kappa shape index (κ2) is 4.81. The maximum Gasteiger partial charge on any atom is 0.340 e. The number of carbonyl (C=O) groups excluding carboxylic acids is 1. The molecule has 0 amide bonds. The highest BCUT2D eigenvalue weighted by Crippen LogP contribution is 2.27. The molecule has 2 aromatic carbocycles. The molecule has 4 nitrogen and oxygen atoms in total. The first kappa shape index (κ1) is 12.4. The predicted molar refractivity (Wildman–Crippen MR) is 77.6 cm³/mol. The molecule has 1 heterocycles. The number of ether oxygens (including phenoxy) is 1. The molecule has 20 heavy (non-hydrogen) atoms. The maximum atomic E-state index is 11.9. The van der Waals surface area contributed by atoms with Gasteiger partial charge in [0.15, 0.2) is 0 Å². The van der Waals surface area contributed by atoms with Crippen molar-refractivity contribution >= 4 is 16.9 Å². The quantitative estimate of drug-likeness (QED) is 0.724. The average molecular weight is 266 g/mol. The number of hydrogen-bond acceptors (Lipinski definition) is 3. The number of aromatic nitrogens is 2. The number of nitrogens with zero attached hydrogens (tertiary/aromatic N) is 1. The fourth-order valence-corrected chi connectivity index (χ4v) is 2.32. The number of fused-ring (bicyclic) bond motifs is 1. The SMILES string of the molecule is COC(=O)c1cc(-c2cccc(C)c2)cc2cn[nH]c12. The number of rotatable bonds is 2. The van der Waals surface area contributed by atoms with Crippen LogP contribution in [0.15, 0.2) is 42.6 Å². The van der Waals surface area contributed by atoms with Crippen molar-refractivity contribution in [3.63, 3.8) is 0 Å². The highest BCUT2D eigenvalue weighted by Gasteiger charge is 2.14. The van der Waals surface area contributed by atoms with Crippen LogP contribution in [0.4, 0.5) is 0 Å². The Balaban J connectivity index is 2.24. The smallest absolute Gasteiger partial charge is 0.340 e. The minimum absolute atomic E-state index is 0.367. The number of esters is 1. The van der Waals surface area contributed by atoms with Gasteiger partial charge in [-0.3, -0.25) is 5.10 Å². The second-order valence-corrected chi connectivity index (χ2v) is 4.72. The third-order valence-corrected chi connectivity index (χ3v) is 3.31. The first-order valence-electron chi connectivity index (χ1n) is 6.31. The number of aromatic amines is 1. The van der Waals surface area contributed by atoms with Gasteiger partial charge in [-0.25, -0.2) is 4.79 Å². The van der Waals surface area contributed by atoms with Gasteiger partial charge in [-0.2, -0.15) is 5.10 Å². The normalized spacial score (nSPS) is 10.7. The lowest BCUT2D eigenvalue weighted by Gasteiger charge is -2.07. The molecule has 3 aromatic rings. The molecule has 0 atom stereocenters. The summed E-state index contributed by atoms with van der Waals surface area (Å²) in [5.74, 6) is -0.367. The van der Waals surface area contributed by atoms with Crippen molar-refractivity contribution in [1.29, 1.82) is 0 Å². The molecule has 4 heteroatoms. The van der Waals surface area contributed by atoms with Gasteiger partial charge in [0.1, 0.15) is 0 Å². The van der Waals surface area contributed by atoms with E-state index in [0.29, 0.717) is 11.1 Å². The molecule has 0 aliphatic heterocycles. The predicted octanol–water partition coefficient (Wildman–Crippen LogP) is 3.32. The fourth-order valence-electron chi connectivity index (χ4n) is 2.32. The summed E-state index contributed by atoms with van der Waals surface area (Å²) in [4.78, 5) is 11.9. The van der Waals surface area contributed by atoms with Gasteiger partial charge in [-0.1, -0.05) is 29.8 Å². The van der Waals surface area contributed by atoms with E-state index in [-0.39, 0.29) is 5.97 Å². The van der Waals surface area contributed by atoms with Gasteiger partial charge < -0.3 is 4.74 Å². The van der Waals surface area contributed by atoms with E-state index < -0.39 is 0 Å². The van der Waals surface area contributed by atoms with E-state index in [1.807, 2.05) is 37.3 Å². The average Bonchev–Trinajstić information content (AvgIpc) is 2.93. The summed E-state index contributed by atoms with van der Waals surface area (Å²) in [6.07, 6.45) is 1.71. The molecule has 0 bridgehead atoms. The van der Waals surface area contributed by atoms with Gasteiger partial charge in [-0.05, 0) is 30.2 Å². The Hall–Kier alpha value is -2.62. The van der Waals surface area contributed by atoms with Crippen LogP contribution >= 0.6 is 0 Å². The molecule has 0 unspecified atom stereocenters. The monoisotopic (exact) mass is 266 g/mol. The van der Waals surface area contributed by atoms with Crippen LogP contribution in [-0.4, -0.2) is 23.3 Å².